The highest BCUT2D eigenvalue weighted by Crippen LogP contribution is 2.25. The average Bonchev–Trinajstić information content (AvgIpc) is 2.64. The first-order valence-corrected chi connectivity index (χ1v) is 11.8. The van der Waals surface area contributed by atoms with Crippen LogP contribution in [0.4, 0.5) is 0 Å². The third-order valence-corrected chi connectivity index (χ3v) is 7.79. The summed E-state index contributed by atoms with van der Waals surface area (Å²) in [6.07, 6.45) is 9.60. The number of carbonyl (C=O) groups is 1. The molecule has 1 heterocycles. The minimum Gasteiger partial charge on any atom is -0.353 e. The van der Waals surface area contributed by atoms with Gasteiger partial charge in [-0.15, -0.1) is 0 Å². The fraction of sp³-hybridized carbons (Fsp3) is 0.650. The zero-order chi connectivity index (χ0) is 19.3. The Balaban J connectivity index is 1.62. The Morgan fingerprint density at radius 1 is 0.963 bits per heavy atom. The third kappa shape index (κ3) is 5.46. The molecule has 2 fully saturated rings. The molecule has 0 bridgehead atoms. The second-order valence-corrected chi connectivity index (χ2v) is 10.1. The minimum atomic E-state index is -3.59. The number of nitrogens with one attached hydrogen (secondary N) is 1. The maximum absolute atomic E-state index is 12.9. The Kier molecular flexibility index (Phi) is 7.17. The second kappa shape index (κ2) is 9.39. The highest BCUT2D eigenvalue weighted by molar-refractivity contribution is 7.89. The van der Waals surface area contributed by atoms with E-state index in [2.05, 4.69) is 5.32 Å². The number of hydrogen-bond acceptors (Lipinski definition) is 3. The van der Waals surface area contributed by atoms with Gasteiger partial charge in [0.15, 0.2) is 0 Å². The topological polar surface area (TPSA) is 66.5 Å². The van der Waals surface area contributed by atoms with Crippen molar-refractivity contribution in [2.24, 2.45) is 5.92 Å². The van der Waals surface area contributed by atoms with Gasteiger partial charge in [0.2, 0.25) is 15.9 Å². The summed E-state index contributed by atoms with van der Waals surface area (Å²) in [7, 11) is -3.59. The summed E-state index contributed by atoms with van der Waals surface area (Å²) >= 11 is 5.87. The molecule has 1 amide bonds. The number of sulfonamides is 1. The van der Waals surface area contributed by atoms with E-state index in [0.717, 1.165) is 32.1 Å². The molecular formula is C20H29ClN2O3S. The predicted molar refractivity (Wildman–Crippen MR) is 107 cm³/mol. The molecule has 1 aliphatic carbocycles. The van der Waals surface area contributed by atoms with Crippen LogP contribution in [-0.4, -0.2) is 37.8 Å². The van der Waals surface area contributed by atoms with Crippen molar-refractivity contribution in [2.75, 3.05) is 13.1 Å². The van der Waals surface area contributed by atoms with E-state index in [-0.39, 0.29) is 29.3 Å². The maximum Gasteiger partial charge on any atom is 0.243 e. The van der Waals surface area contributed by atoms with Crippen molar-refractivity contribution in [3.8, 4) is 0 Å². The van der Waals surface area contributed by atoms with Crippen LogP contribution in [0.2, 0.25) is 5.02 Å². The minimum absolute atomic E-state index is 0.0107. The van der Waals surface area contributed by atoms with E-state index >= 15 is 0 Å². The number of nitrogens with zero attached hydrogens (tertiary/aromatic N) is 1. The Morgan fingerprint density at radius 2 is 1.59 bits per heavy atom. The number of amides is 1. The van der Waals surface area contributed by atoms with Crippen LogP contribution < -0.4 is 5.32 Å². The number of halogens is 1. The normalized spacial score (nSPS) is 23.4. The van der Waals surface area contributed by atoms with Gasteiger partial charge in [-0.25, -0.2) is 8.42 Å². The SMILES string of the molecule is O=C(NC1CCCCCCC1)[C@@H]1CCCN(S(=O)(=O)c2ccc(Cl)cc2)C1. The first-order valence-electron chi connectivity index (χ1n) is 10.0. The van der Waals surface area contributed by atoms with E-state index in [9.17, 15) is 13.2 Å². The Labute approximate surface area is 167 Å². The van der Waals surface area contributed by atoms with Gasteiger partial charge in [0.25, 0.3) is 0 Å². The molecule has 2 aliphatic rings. The highest BCUT2D eigenvalue weighted by atomic mass is 35.5. The zero-order valence-corrected chi connectivity index (χ0v) is 17.3. The Hall–Kier alpha value is -1.11. The average molecular weight is 413 g/mol. The first kappa shape index (κ1) is 20.6. The van der Waals surface area contributed by atoms with Crippen molar-refractivity contribution >= 4 is 27.5 Å². The molecule has 1 saturated carbocycles. The van der Waals surface area contributed by atoms with Gasteiger partial charge in [0, 0.05) is 24.2 Å². The smallest absolute Gasteiger partial charge is 0.243 e. The lowest BCUT2D eigenvalue weighted by molar-refractivity contribution is -0.126. The molecule has 0 spiro atoms. The van der Waals surface area contributed by atoms with Crippen molar-refractivity contribution in [2.45, 2.75) is 68.7 Å². The monoisotopic (exact) mass is 412 g/mol. The van der Waals surface area contributed by atoms with Gasteiger partial charge < -0.3 is 5.32 Å². The Bertz CT molecular complexity index is 728. The van der Waals surface area contributed by atoms with Gasteiger partial charge in [0.05, 0.1) is 10.8 Å². The molecular weight excluding hydrogens is 384 g/mol. The Morgan fingerprint density at radius 3 is 2.26 bits per heavy atom. The van der Waals surface area contributed by atoms with Crippen molar-refractivity contribution in [3.05, 3.63) is 29.3 Å². The fourth-order valence-electron chi connectivity index (χ4n) is 4.05. The van der Waals surface area contributed by atoms with Crippen LogP contribution in [0.25, 0.3) is 0 Å². The van der Waals surface area contributed by atoms with Crippen LogP contribution in [0.5, 0.6) is 0 Å². The molecule has 1 N–H and O–H groups in total. The summed E-state index contributed by atoms with van der Waals surface area (Å²) in [5.41, 5.74) is 0. The van der Waals surface area contributed by atoms with Crippen molar-refractivity contribution in [1.82, 2.24) is 9.62 Å². The van der Waals surface area contributed by atoms with Crippen LogP contribution in [0, 0.1) is 5.92 Å². The molecule has 1 atom stereocenters. The van der Waals surface area contributed by atoms with Crippen LogP contribution >= 0.6 is 11.6 Å². The number of hydrogen-bond donors (Lipinski definition) is 1. The van der Waals surface area contributed by atoms with E-state index in [1.54, 1.807) is 12.1 Å². The summed E-state index contributed by atoms with van der Waals surface area (Å²) < 4.78 is 27.2. The molecule has 1 aromatic carbocycles. The molecule has 5 nitrogen and oxygen atoms in total. The lowest BCUT2D eigenvalue weighted by Gasteiger charge is -2.32. The van der Waals surface area contributed by atoms with Gasteiger partial charge in [-0.05, 0) is 49.9 Å². The van der Waals surface area contributed by atoms with Crippen molar-refractivity contribution in [1.29, 1.82) is 0 Å². The quantitative estimate of drug-likeness (QED) is 0.813. The fourth-order valence-corrected chi connectivity index (χ4v) is 5.70. The van der Waals surface area contributed by atoms with E-state index < -0.39 is 10.0 Å². The standard InChI is InChI=1S/C20H29ClN2O3S/c21-17-10-12-19(13-11-17)27(25,26)23-14-6-7-16(15-23)20(24)22-18-8-4-2-1-3-5-9-18/h10-13,16,18H,1-9,14-15H2,(H,22,24)/t16-/m1/s1. The summed E-state index contributed by atoms with van der Waals surface area (Å²) in [4.78, 5) is 13.0. The van der Waals surface area contributed by atoms with Gasteiger partial charge in [-0.1, -0.05) is 43.7 Å². The summed E-state index contributed by atoms with van der Waals surface area (Å²) in [6.45, 7) is 0.710. The van der Waals surface area contributed by atoms with Gasteiger partial charge in [-0.2, -0.15) is 4.31 Å². The summed E-state index contributed by atoms with van der Waals surface area (Å²) in [5.74, 6) is -0.261. The van der Waals surface area contributed by atoms with Crippen LogP contribution in [0.3, 0.4) is 0 Å². The molecule has 0 unspecified atom stereocenters. The molecule has 7 heteroatoms. The molecule has 0 aromatic heterocycles. The van der Waals surface area contributed by atoms with E-state index in [1.807, 2.05) is 0 Å². The molecule has 3 rings (SSSR count). The van der Waals surface area contributed by atoms with Gasteiger partial charge in [-0.3, -0.25) is 4.79 Å². The number of rotatable bonds is 4. The summed E-state index contributed by atoms with van der Waals surface area (Å²) in [5, 5.41) is 3.70. The van der Waals surface area contributed by atoms with Crippen molar-refractivity contribution in [3.63, 3.8) is 0 Å². The maximum atomic E-state index is 12.9. The van der Waals surface area contributed by atoms with Crippen LogP contribution in [0.1, 0.15) is 57.8 Å². The highest BCUT2D eigenvalue weighted by Gasteiger charge is 2.33. The third-order valence-electron chi connectivity index (χ3n) is 5.66. The van der Waals surface area contributed by atoms with Crippen LogP contribution in [0.15, 0.2) is 29.2 Å². The van der Waals surface area contributed by atoms with Crippen LogP contribution in [-0.2, 0) is 14.8 Å². The second-order valence-electron chi connectivity index (χ2n) is 7.71. The van der Waals surface area contributed by atoms with E-state index in [0.29, 0.717) is 18.0 Å². The van der Waals surface area contributed by atoms with Gasteiger partial charge >= 0.3 is 0 Å². The lowest BCUT2D eigenvalue weighted by Crippen LogP contribution is -2.47. The summed E-state index contributed by atoms with van der Waals surface area (Å²) in [6, 6.07) is 6.45. The largest absolute Gasteiger partial charge is 0.353 e. The van der Waals surface area contributed by atoms with Gasteiger partial charge in [0.1, 0.15) is 0 Å². The van der Waals surface area contributed by atoms with E-state index in [1.165, 1.54) is 35.7 Å². The molecule has 1 aromatic rings. The van der Waals surface area contributed by atoms with Crippen molar-refractivity contribution < 1.29 is 13.2 Å². The number of piperidine rings is 1. The first-order chi connectivity index (χ1) is 13.0. The zero-order valence-electron chi connectivity index (χ0n) is 15.7. The number of carbonyl (C=O) groups excluding carboxylic acids is 1. The lowest BCUT2D eigenvalue weighted by atomic mass is 9.94. The van der Waals surface area contributed by atoms with E-state index in [4.69, 9.17) is 11.6 Å². The molecule has 150 valence electrons. The number of benzene rings is 1. The predicted octanol–water partition coefficient (Wildman–Crippen LogP) is 3.97. The molecule has 1 saturated heterocycles. The molecule has 1 aliphatic heterocycles. The molecule has 0 radical (unpaired) electrons. The molecule has 27 heavy (non-hydrogen) atoms.